The summed E-state index contributed by atoms with van der Waals surface area (Å²) in [7, 11) is 0. The first kappa shape index (κ1) is 8.72. The second-order valence-electron chi connectivity index (χ2n) is 3.39. The van der Waals surface area contributed by atoms with Crippen LogP contribution in [0.2, 0.25) is 0 Å². The summed E-state index contributed by atoms with van der Waals surface area (Å²) >= 11 is 0. The first-order chi connectivity index (χ1) is 6.40. The summed E-state index contributed by atoms with van der Waals surface area (Å²) in [5.41, 5.74) is 3.90. The highest BCUT2D eigenvalue weighted by atomic mass is 16.5. The van der Waals surface area contributed by atoms with Crippen molar-refractivity contribution in [2.24, 2.45) is 0 Å². The lowest BCUT2D eigenvalue weighted by atomic mass is 10.2. The van der Waals surface area contributed by atoms with Gasteiger partial charge in [0.25, 0.3) is 0 Å². The third kappa shape index (κ3) is 1.89. The number of carbonyl (C=O) groups excluding carboxylic acids is 1. The molecule has 0 aliphatic carbocycles. The van der Waals surface area contributed by atoms with E-state index in [-0.39, 0.29) is 6.23 Å². The van der Waals surface area contributed by atoms with Gasteiger partial charge in [-0.25, -0.2) is 5.43 Å². The molecule has 2 aliphatic heterocycles. The average Bonchev–Trinajstić information content (AvgIpc) is 2.67. The summed E-state index contributed by atoms with van der Waals surface area (Å²) in [6, 6.07) is 0. The van der Waals surface area contributed by atoms with Crippen molar-refractivity contribution < 1.29 is 9.53 Å². The highest BCUT2D eigenvalue weighted by Crippen LogP contribution is 2.17. The Labute approximate surface area is 77.5 Å². The molecular weight excluding hydrogens is 168 g/mol. The molecular formula is C9H14N2O2. The molecule has 1 N–H and O–H groups in total. The summed E-state index contributed by atoms with van der Waals surface area (Å²) in [4.78, 5) is 10.5. The molecule has 72 valence electrons. The number of carbonyl (C=O) groups is 1. The number of rotatable bonds is 2. The molecule has 0 radical (unpaired) electrons. The normalized spacial score (nSPS) is 28.8. The molecule has 4 nitrogen and oxygen atoms in total. The van der Waals surface area contributed by atoms with Gasteiger partial charge in [-0.2, -0.15) is 0 Å². The molecule has 13 heavy (non-hydrogen) atoms. The maximum absolute atomic E-state index is 10.5. The molecule has 0 aromatic carbocycles. The minimum Gasteiger partial charge on any atom is -0.357 e. The zero-order valence-electron chi connectivity index (χ0n) is 7.53. The van der Waals surface area contributed by atoms with Crippen molar-refractivity contribution in [3.05, 3.63) is 11.8 Å². The molecule has 2 rings (SSSR count). The first-order valence-electron chi connectivity index (χ1n) is 4.69. The highest BCUT2D eigenvalue weighted by Gasteiger charge is 2.22. The maximum Gasteiger partial charge on any atom is 0.148 e. The van der Waals surface area contributed by atoms with Crippen LogP contribution < -0.4 is 5.43 Å². The Hall–Kier alpha value is -0.870. The van der Waals surface area contributed by atoms with Crippen LogP contribution in [0, 0.1) is 0 Å². The molecule has 2 aliphatic rings. The van der Waals surface area contributed by atoms with E-state index in [4.69, 9.17) is 4.74 Å². The van der Waals surface area contributed by atoms with Crippen LogP contribution in [-0.4, -0.2) is 30.7 Å². The van der Waals surface area contributed by atoms with Crippen LogP contribution >= 0.6 is 0 Å². The van der Waals surface area contributed by atoms with Crippen molar-refractivity contribution >= 4 is 6.29 Å². The van der Waals surface area contributed by atoms with Crippen molar-refractivity contribution in [3.63, 3.8) is 0 Å². The third-order valence-corrected chi connectivity index (χ3v) is 2.39. The number of hydrogen-bond acceptors (Lipinski definition) is 4. The average molecular weight is 182 g/mol. The fraction of sp³-hybridized carbons (Fsp3) is 0.667. The molecule has 0 aromatic heterocycles. The summed E-state index contributed by atoms with van der Waals surface area (Å²) in [6.45, 7) is 1.45. The molecule has 1 unspecified atom stereocenters. The summed E-state index contributed by atoms with van der Waals surface area (Å²) in [5, 5.41) is 1.91. The fourth-order valence-electron chi connectivity index (χ4n) is 1.65. The van der Waals surface area contributed by atoms with Gasteiger partial charge in [0.2, 0.25) is 0 Å². The second kappa shape index (κ2) is 3.89. The molecule has 2 heterocycles. The molecule has 1 fully saturated rings. The van der Waals surface area contributed by atoms with Crippen LogP contribution in [0.3, 0.4) is 0 Å². The van der Waals surface area contributed by atoms with E-state index in [9.17, 15) is 4.79 Å². The molecule has 0 bridgehead atoms. The Bertz CT molecular complexity index is 222. The summed E-state index contributed by atoms with van der Waals surface area (Å²) in [5.74, 6) is 0. The molecule has 0 spiro atoms. The zero-order chi connectivity index (χ0) is 9.10. The Balaban J connectivity index is 1.93. The van der Waals surface area contributed by atoms with E-state index in [2.05, 4.69) is 5.43 Å². The van der Waals surface area contributed by atoms with E-state index in [1.165, 1.54) is 6.42 Å². The van der Waals surface area contributed by atoms with Gasteiger partial charge in [0.1, 0.15) is 12.5 Å². The van der Waals surface area contributed by atoms with E-state index in [0.29, 0.717) is 6.54 Å². The SMILES string of the molecule is O=CC1=CN(C2CCCCO2)NC1. The number of nitrogens with one attached hydrogen (secondary N) is 1. The van der Waals surface area contributed by atoms with Gasteiger partial charge in [-0.15, -0.1) is 0 Å². The molecule has 0 aromatic rings. The lowest BCUT2D eigenvalue weighted by Gasteiger charge is -2.30. The van der Waals surface area contributed by atoms with Gasteiger partial charge in [-0.05, 0) is 19.3 Å². The van der Waals surface area contributed by atoms with Gasteiger partial charge in [0, 0.05) is 24.9 Å². The highest BCUT2D eigenvalue weighted by molar-refractivity contribution is 5.74. The van der Waals surface area contributed by atoms with Crippen molar-refractivity contribution in [2.45, 2.75) is 25.5 Å². The van der Waals surface area contributed by atoms with E-state index in [0.717, 1.165) is 31.3 Å². The number of hydrazine groups is 1. The monoisotopic (exact) mass is 182 g/mol. The van der Waals surface area contributed by atoms with E-state index in [1.54, 1.807) is 0 Å². The smallest absolute Gasteiger partial charge is 0.148 e. The molecule has 1 saturated heterocycles. The quantitative estimate of drug-likeness (QED) is 0.628. The molecule has 1 atom stereocenters. The van der Waals surface area contributed by atoms with Gasteiger partial charge in [-0.1, -0.05) is 0 Å². The van der Waals surface area contributed by atoms with Gasteiger partial charge >= 0.3 is 0 Å². The summed E-state index contributed by atoms with van der Waals surface area (Å²) < 4.78 is 5.56. The number of ether oxygens (including phenoxy) is 1. The third-order valence-electron chi connectivity index (χ3n) is 2.39. The lowest BCUT2D eigenvalue weighted by Crippen LogP contribution is -2.41. The van der Waals surface area contributed by atoms with Gasteiger partial charge in [0.05, 0.1) is 0 Å². The Morgan fingerprint density at radius 1 is 1.62 bits per heavy atom. The largest absolute Gasteiger partial charge is 0.357 e. The van der Waals surface area contributed by atoms with Crippen molar-refractivity contribution in [1.29, 1.82) is 0 Å². The van der Waals surface area contributed by atoms with Gasteiger partial charge < -0.3 is 4.74 Å². The predicted molar refractivity (Wildman–Crippen MR) is 47.6 cm³/mol. The topological polar surface area (TPSA) is 41.6 Å². The van der Waals surface area contributed by atoms with Crippen LogP contribution in [0.1, 0.15) is 19.3 Å². The van der Waals surface area contributed by atoms with E-state index < -0.39 is 0 Å². The number of hydrogen-bond donors (Lipinski definition) is 1. The Kier molecular flexibility index (Phi) is 2.61. The lowest BCUT2D eigenvalue weighted by molar-refractivity contribution is -0.104. The molecule has 0 amide bonds. The van der Waals surface area contributed by atoms with Crippen LogP contribution in [0.4, 0.5) is 0 Å². The summed E-state index contributed by atoms with van der Waals surface area (Å²) in [6.07, 6.45) is 6.22. The first-order valence-corrected chi connectivity index (χ1v) is 4.69. The predicted octanol–water partition coefficient (Wildman–Crippen LogP) is 0.416. The molecule has 4 heteroatoms. The molecule has 0 saturated carbocycles. The Morgan fingerprint density at radius 3 is 3.15 bits per heavy atom. The zero-order valence-corrected chi connectivity index (χ0v) is 7.53. The minimum atomic E-state index is 0.117. The van der Waals surface area contributed by atoms with Gasteiger partial charge in [0.15, 0.2) is 0 Å². The van der Waals surface area contributed by atoms with Crippen molar-refractivity contribution in [3.8, 4) is 0 Å². The van der Waals surface area contributed by atoms with Crippen molar-refractivity contribution in [2.75, 3.05) is 13.2 Å². The van der Waals surface area contributed by atoms with E-state index in [1.807, 2.05) is 11.2 Å². The van der Waals surface area contributed by atoms with Crippen LogP contribution in [0.15, 0.2) is 11.8 Å². The van der Waals surface area contributed by atoms with Crippen LogP contribution in [0.5, 0.6) is 0 Å². The van der Waals surface area contributed by atoms with E-state index >= 15 is 0 Å². The van der Waals surface area contributed by atoms with Gasteiger partial charge in [-0.3, -0.25) is 9.80 Å². The van der Waals surface area contributed by atoms with Crippen molar-refractivity contribution in [1.82, 2.24) is 10.4 Å². The Morgan fingerprint density at radius 2 is 2.54 bits per heavy atom. The van der Waals surface area contributed by atoms with Crippen LogP contribution in [0.25, 0.3) is 0 Å². The minimum absolute atomic E-state index is 0.117. The number of nitrogens with zero attached hydrogens (tertiary/aromatic N) is 1. The number of aldehydes is 1. The van der Waals surface area contributed by atoms with Crippen LogP contribution in [-0.2, 0) is 9.53 Å². The maximum atomic E-state index is 10.5. The second-order valence-corrected chi connectivity index (χ2v) is 3.39. The fourth-order valence-corrected chi connectivity index (χ4v) is 1.65. The standard InChI is InChI=1S/C9H14N2O2/c12-7-8-5-10-11(6-8)9-3-1-2-4-13-9/h6-7,9-10H,1-5H2.